The van der Waals surface area contributed by atoms with Crippen LogP contribution in [-0.2, 0) is 0 Å². The van der Waals surface area contributed by atoms with Gasteiger partial charge in [0.15, 0.2) is 0 Å². The average Bonchev–Trinajstić information content (AvgIpc) is 2.19. The first-order valence-electron chi connectivity index (χ1n) is 6.11. The third-order valence-electron chi connectivity index (χ3n) is 3.61. The Hall–Kier alpha value is -0.0800. The van der Waals surface area contributed by atoms with Crippen molar-refractivity contribution < 1.29 is 0 Å². The Kier molecular flexibility index (Phi) is 4.90. The van der Waals surface area contributed by atoms with E-state index in [1.54, 1.807) is 0 Å². The summed E-state index contributed by atoms with van der Waals surface area (Å²) in [6.45, 7) is 10.3. The molecule has 0 amide bonds. The molecule has 14 heavy (non-hydrogen) atoms. The summed E-state index contributed by atoms with van der Waals surface area (Å²) in [5.41, 5.74) is 6.07. The van der Waals surface area contributed by atoms with Crippen LogP contribution in [0.3, 0.4) is 0 Å². The fourth-order valence-electron chi connectivity index (χ4n) is 2.09. The first kappa shape index (κ1) is 12.0. The van der Waals surface area contributed by atoms with Gasteiger partial charge >= 0.3 is 0 Å². The van der Waals surface area contributed by atoms with Crippen LogP contribution in [-0.4, -0.2) is 30.6 Å². The molecule has 2 N–H and O–H groups in total. The lowest BCUT2D eigenvalue weighted by molar-refractivity contribution is 0.164. The third kappa shape index (κ3) is 3.58. The van der Waals surface area contributed by atoms with Crippen molar-refractivity contribution in [1.82, 2.24) is 4.90 Å². The van der Waals surface area contributed by atoms with Crippen molar-refractivity contribution in [2.45, 2.75) is 46.1 Å². The Morgan fingerprint density at radius 2 is 1.86 bits per heavy atom. The van der Waals surface area contributed by atoms with E-state index >= 15 is 0 Å². The summed E-state index contributed by atoms with van der Waals surface area (Å²) >= 11 is 0. The normalized spacial score (nSPS) is 22.9. The lowest BCUT2D eigenvalue weighted by Gasteiger charge is -2.33. The lowest BCUT2D eigenvalue weighted by Crippen LogP contribution is -2.44. The summed E-state index contributed by atoms with van der Waals surface area (Å²) in [5, 5.41) is 0. The van der Waals surface area contributed by atoms with E-state index in [1.165, 1.54) is 32.4 Å². The van der Waals surface area contributed by atoms with Crippen LogP contribution in [0.15, 0.2) is 0 Å². The number of nitrogens with zero attached hydrogens (tertiary/aromatic N) is 1. The molecule has 1 saturated heterocycles. The standard InChI is InChI=1S/C12H26N2/c1-4-11-5-7-14(8-6-11)9-12(13)10(2)3/h10-12H,4-9,13H2,1-3H3/t12-/m1/s1. The van der Waals surface area contributed by atoms with E-state index in [0.29, 0.717) is 12.0 Å². The van der Waals surface area contributed by atoms with Crippen LogP contribution >= 0.6 is 0 Å². The van der Waals surface area contributed by atoms with Crippen LogP contribution in [0.5, 0.6) is 0 Å². The fourth-order valence-corrected chi connectivity index (χ4v) is 2.09. The predicted molar refractivity (Wildman–Crippen MR) is 62.3 cm³/mol. The van der Waals surface area contributed by atoms with Crippen LogP contribution in [0.1, 0.15) is 40.0 Å². The van der Waals surface area contributed by atoms with Crippen LogP contribution in [0.25, 0.3) is 0 Å². The monoisotopic (exact) mass is 198 g/mol. The van der Waals surface area contributed by atoms with Crippen molar-refractivity contribution in [3.8, 4) is 0 Å². The molecule has 0 radical (unpaired) electrons. The highest BCUT2D eigenvalue weighted by molar-refractivity contribution is 4.76. The topological polar surface area (TPSA) is 29.3 Å². The maximum atomic E-state index is 6.07. The first-order chi connectivity index (χ1) is 6.63. The zero-order chi connectivity index (χ0) is 10.6. The highest BCUT2D eigenvalue weighted by Gasteiger charge is 2.20. The van der Waals surface area contributed by atoms with Crippen LogP contribution in [0, 0.1) is 11.8 Å². The number of likely N-dealkylation sites (tertiary alicyclic amines) is 1. The van der Waals surface area contributed by atoms with Gasteiger partial charge in [0.05, 0.1) is 0 Å². The zero-order valence-corrected chi connectivity index (χ0v) is 10.00. The van der Waals surface area contributed by atoms with Gasteiger partial charge in [0.25, 0.3) is 0 Å². The van der Waals surface area contributed by atoms with Gasteiger partial charge in [-0.2, -0.15) is 0 Å². The van der Waals surface area contributed by atoms with Gasteiger partial charge in [-0.1, -0.05) is 27.2 Å². The maximum Gasteiger partial charge on any atom is 0.0191 e. The van der Waals surface area contributed by atoms with Crippen molar-refractivity contribution in [3.05, 3.63) is 0 Å². The second-order valence-corrected chi connectivity index (χ2v) is 5.06. The smallest absolute Gasteiger partial charge is 0.0191 e. The molecular formula is C12H26N2. The van der Waals surface area contributed by atoms with Crippen LogP contribution in [0.2, 0.25) is 0 Å². The second kappa shape index (κ2) is 5.72. The summed E-state index contributed by atoms with van der Waals surface area (Å²) in [6, 6.07) is 0.355. The molecule has 0 aromatic carbocycles. The Balaban J connectivity index is 2.22. The highest BCUT2D eigenvalue weighted by atomic mass is 15.1. The molecular weight excluding hydrogens is 172 g/mol. The van der Waals surface area contributed by atoms with Crippen molar-refractivity contribution in [1.29, 1.82) is 0 Å². The number of nitrogens with two attached hydrogens (primary N) is 1. The van der Waals surface area contributed by atoms with Gasteiger partial charge in [0, 0.05) is 12.6 Å². The molecule has 0 unspecified atom stereocenters. The molecule has 0 saturated carbocycles. The predicted octanol–water partition coefficient (Wildman–Crippen LogP) is 2.09. The average molecular weight is 198 g/mol. The number of hydrogen-bond acceptors (Lipinski definition) is 2. The molecule has 2 nitrogen and oxygen atoms in total. The molecule has 2 heteroatoms. The van der Waals surface area contributed by atoms with E-state index in [9.17, 15) is 0 Å². The summed E-state index contributed by atoms with van der Waals surface area (Å²) in [6.07, 6.45) is 4.10. The number of piperidine rings is 1. The third-order valence-corrected chi connectivity index (χ3v) is 3.61. The summed E-state index contributed by atoms with van der Waals surface area (Å²) in [5.74, 6) is 1.58. The summed E-state index contributed by atoms with van der Waals surface area (Å²) in [4.78, 5) is 2.54. The molecule has 1 rings (SSSR count). The van der Waals surface area contributed by atoms with Crippen LogP contribution in [0.4, 0.5) is 0 Å². The number of rotatable bonds is 4. The maximum absolute atomic E-state index is 6.07. The zero-order valence-electron chi connectivity index (χ0n) is 10.00. The summed E-state index contributed by atoms with van der Waals surface area (Å²) in [7, 11) is 0. The van der Waals surface area contributed by atoms with Crippen molar-refractivity contribution in [3.63, 3.8) is 0 Å². The van der Waals surface area contributed by atoms with Gasteiger partial charge in [-0.05, 0) is 37.8 Å². The quantitative estimate of drug-likeness (QED) is 0.749. The van der Waals surface area contributed by atoms with Gasteiger partial charge in [0.2, 0.25) is 0 Å². The minimum Gasteiger partial charge on any atom is -0.326 e. The lowest BCUT2D eigenvalue weighted by atomic mass is 9.93. The Morgan fingerprint density at radius 3 is 2.29 bits per heavy atom. The van der Waals surface area contributed by atoms with Gasteiger partial charge in [-0.3, -0.25) is 0 Å². The van der Waals surface area contributed by atoms with Crippen molar-refractivity contribution in [2.24, 2.45) is 17.6 Å². The van der Waals surface area contributed by atoms with Crippen LogP contribution < -0.4 is 5.73 Å². The molecule has 0 bridgehead atoms. The van der Waals surface area contributed by atoms with Crippen molar-refractivity contribution >= 4 is 0 Å². The van der Waals surface area contributed by atoms with E-state index in [2.05, 4.69) is 25.7 Å². The molecule has 0 aliphatic carbocycles. The number of hydrogen-bond donors (Lipinski definition) is 1. The molecule has 1 heterocycles. The molecule has 84 valence electrons. The van der Waals surface area contributed by atoms with E-state index < -0.39 is 0 Å². The van der Waals surface area contributed by atoms with Crippen molar-refractivity contribution in [2.75, 3.05) is 19.6 Å². The van der Waals surface area contributed by atoms with Gasteiger partial charge < -0.3 is 10.6 Å². The first-order valence-corrected chi connectivity index (χ1v) is 6.11. The fraction of sp³-hybridized carbons (Fsp3) is 1.00. The summed E-state index contributed by atoms with van der Waals surface area (Å²) < 4.78 is 0. The van der Waals surface area contributed by atoms with Gasteiger partial charge in [0.1, 0.15) is 0 Å². The Bertz CT molecular complexity index is 148. The second-order valence-electron chi connectivity index (χ2n) is 5.06. The Morgan fingerprint density at radius 1 is 1.29 bits per heavy atom. The van der Waals surface area contributed by atoms with E-state index in [4.69, 9.17) is 5.73 Å². The SMILES string of the molecule is CCC1CCN(C[C@@H](N)C(C)C)CC1. The van der Waals surface area contributed by atoms with E-state index in [0.717, 1.165) is 12.5 Å². The van der Waals surface area contributed by atoms with Gasteiger partial charge in [-0.15, -0.1) is 0 Å². The molecule has 1 aliphatic heterocycles. The minimum atomic E-state index is 0.355. The van der Waals surface area contributed by atoms with E-state index in [-0.39, 0.29) is 0 Å². The molecule has 0 spiro atoms. The molecule has 0 aromatic rings. The largest absolute Gasteiger partial charge is 0.326 e. The Labute approximate surface area is 88.8 Å². The minimum absolute atomic E-state index is 0.355. The molecule has 1 atom stereocenters. The molecule has 1 fully saturated rings. The highest BCUT2D eigenvalue weighted by Crippen LogP contribution is 2.20. The molecule has 1 aliphatic rings. The van der Waals surface area contributed by atoms with E-state index in [1.807, 2.05) is 0 Å². The molecule has 0 aromatic heterocycles. The van der Waals surface area contributed by atoms with Gasteiger partial charge in [-0.25, -0.2) is 0 Å².